The fraction of sp³-hybridized carbons (Fsp3) is 0.632. The highest BCUT2D eigenvalue weighted by Gasteiger charge is 2.52. The molecule has 1 aliphatic carbocycles. The molecule has 7 heteroatoms. The quantitative estimate of drug-likeness (QED) is 0.809. The fourth-order valence-electron chi connectivity index (χ4n) is 4.30. The van der Waals surface area contributed by atoms with Crippen LogP contribution in [-0.4, -0.2) is 43.4 Å². The highest BCUT2D eigenvalue weighted by atomic mass is 32.2. The summed E-state index contributed by atoms with van der Waals surface area (Å²) < 4.78 is 33.4. The number of carbonyl (C=O) groups excluding carboxylic acids is 1. The van der Waals surface area contributed by atoms with Crippen molar-refractivity contribution < 1.29 is 17.9 Å². The van der Waals surface area contributed by atoms with Crippen LogP contribution in [0.2, 0.25) is 0 Å². The first-order valence-corrected chi connectivity index (χ1v) is 10.8. The number of hydrogen-bond acceptors (Lipinski definition) is 5. The second-order valence-electron chi connectivity index (χ2n) is 7.33. The molecule has 1 aliphatic heterocycles. The number of nitrogens with two attached hydrogens (primary N) is 1. The van der Waals surface area contributed by atoms with Crippen LogP contribution in [-0.2, 0) is 19.6 Å². The number of sulfonamides is 1. The lowest BCUT2D eigenvalue weighted by molar-refractivity contribution is -0.147. The van der Waals surface area contributed by atoms with Gasteiger partial charge in [-0.05, 0) is 51.2 Å². The van der Waals surface area contributed by atoms with Crippen LogP contribution in [0.1, 0.15) is 44.6 Å². The van der Waals surface area contributed by atoms with Gasteiger partial charge in [-0.15, -0.1) is 0 Å². The van der Waals surface area contributed by atoms with E-state index in [0.29, 0.717) is 6.42 Å². The van der Waals surface area contributed by atoms with Gasteiger partial charge in [0.05, 0.1) is 11.5 Å². The maximum absolute atomic E-state index is 13.4. The van der Waals surface area contributed by atoms with Gasteiger partial charge in [0.15, 0.2) is 0 Å². The van der Waals surface area contributed by atoms with Crippen molar-refractivity contribution in [2.24, 2.45) is 11.7 Å². The molecule has 1 aromatic rings. The van der Waals surface area contributed by atoms with Crippen LogP contribution >= 0.6 is 0 Å². The molecular formula is C19H28N2O4S. The van der Waals surface area contributed by atoms with Crippen molar-refractivity contribution in [3.05, 3.63) is 29.8 Å². The molecule has 2 aliphatic rings. The normalized spacial score (nSPS) is 29.8. The molecule has 1 heterocycles. The molecule has 0 radical (unpaired) electrons. The van der Waals surface area contributed by atoms with Crippen LogP contribution in [0.25, 0.3) is 0 Å². The van der Waals surface area contributed by atoms with Crippen LogP contribution in [0.3, 0.4) is 0 Å². The Hall–Kier alpha value is -1.44. The van der Waals surface area contributed by atoms with Gasteiger partial charge in [-0.25, -0.2) is 8.42 Å². The van der Waals surface area contributed by atoms with Crippen molar-refractivity contribution in [2.45, 2.75) is 69.0 Å². The first-order chi connectivity index (χ1) is 12.4. The maximum atomic E-state index is 13.4. The smallest absolute Gasteiger partial charge is 0.324 e. The second kappa shape index (κ2) is 7.66. The molecule has 1 saturated heterocycles. The lowest BCUT2D eigenvalue weighted by Crippen LogP contribution is -2.47. The zero-order valence-electron chi connectivity index (χ0n) is 15.4. The summed E-state index contributed by atoms with van der Waals surface area (Å²) in [7, 11) is -3.80. The van der Waals surface area contributed by atoms with Crippen LogP contribution in [0.4, 0.5) is 0 Å². The third-order valence-electron chi connectivity index (χ3n) is 5.62. The minimum absolute atomic E-state index is 0.00729. The van der Waals surface area contributed by atoms with E-state index in [1.165, 1.54) is 4.31 Å². The third kappa shape index (κ3) is 3.52. The average Bonchev–Trinajstić information content (AvgIpc) is 2.91. The highest BCUT2D eigenvalue weighted by molar-refractivity contribution is 7.89. The fourth-order valence-corrected chi connectivity index (χ4v) is 6.15. The molecule has 144 valence electrons. The van der Waals surface area contributed by atoms with Crippen LogP contribution in [0.15, 0.2) is 29.2 Å². The van der Waals surface area contributed by atoms with Gasteiger partial charge in [0.1, 0.15) is 6.04 Å². The number of ether oxygens (including phenoxy) is 1. The van der Waals surface area contributed by atoms with E-state index in [0.717, 1.165) is 31.2 Å². The highest BCUT2D eigenvalue weighted by Crippen LogP contribution is 2.41. The molecular weight excluding hydrogens is 352 g/mol. The minimum Gasteiger partial charge on any atom is -0.465 e. The molecule has 6 nitrogen and oxygen atoms in total. The Labute approximate surface area is 155 Å². The van der Waals surface area contributed by atoms with E-state index in [1.54, 1.807) is 31.2 Å². The molecule has 0 unspecified atom stereocenters. The maximum Gasteiger partial charge on any atom is 0.324 e. The summed E-state index contributed by atoms with van der Waals surface area (Å²) in [6.45, 7) is 3.87. The Bertz CT molecular complexity index is 747. The van der Waals surface area contributed by atoms with Crippen molar-refractivity contribution in [1.29, 1.82) is 0 Å². The number of aryl methyl sites for hydroxylation is 1. The summed E-state index contributed by atoms with van der Waals surface area (Å²) in [5.74, 6) is -0.476. The molecule has 0 spiro atoms. The number of hydrogen-bond donors (Lipinski definition) is 1. The molecule has 0 amide bonds. The van der Waals surface area contributed by atoms with E-state index >= 15 is 0 Å². The standard InChI is InChI=1S/C19H28N2O4S/c1-3-25-19(22)18-12-15-16(20)6-4-5-7-17(15)21(18)26(23,24)14-10-8-13(2)9-11-14/h8-11,15-18H,3-7,12,20H2,1-2H3/t15-,16+,17+,18+/m0/s1. The molecule has 2 fully saturated rings. The average molecular weight is 381 g/mol. The predicted octanol–water partition coefficient (Wildman–Crippen LogP) is 2.21. The Morgan fingerprint density at radius 2 is 1.88 bits per heavy atom. The number of rotatable bonds is 4. The van der Waals surface area contributed by atoms with E-state index in [1.807, 2.05) is 6.92 Å². The Kier molecular flexibility index (Phi) is 5.69. The van der Waals surface area contributed by atoms with Crippen molar-refractivity contribution in [1.82, 2.24) is 4.31 Å². The van der Waals surface area contributed by atoms with Gasteiger partial charge in [0.2, 0.25) is 10.0 Å². The van der Waals surface area contributed by atoms with Crippen molar-refractivity contribution in [3.8, 4) is 0 Å². The number of esters is 1. The minimum atomic E-state index is -3.80. The second-order valence-corrected chi connectivity index (χ2v) is 9.17. The largest absolute Gasteiger partial charge is 0.465 e. The van der Waals surface area contributed by atoms with E-state index in [2.05, 4.69) is 0 Å². The molecule has 1 aromatic carbocycles. The summed E-state index contributed by atoms with van der Waals surface area (Å²) >= 11 is 0. The van der Waals surface area contributed by atoms with E-state index in [9.17, 15) is 13.2 Å². The summed E-state index contributed by atoms with van der Waals surface area (Å²) in [5.41, 5.74) is 7.33. The monoisotopic (exact) mass is 380 g/mol. The van der Waals surface area contributed by atoms with Gasteiger partial charge in [0, 0.05) is 12.1 Å². The Balaban J connectivity index is 2.03. The number of carbonyl (C=O) groups is 1. The van der Waals surface area contributed by atoms with Crippen molar-refractivity contribution in [3.63, 3.8) is 0 Å². The van der Waals surface area contributed by atoms with Gasteiger partial charge >= 0.3 is 5.97 Å². The van der Waals surface area contributed by atoms with Crippen molar-refractivity contribution in [2.75, 3.05) is 6.61 Å². The topological polar surface area (TPSA) is 89.7 Å². The number of fused-ring (bicyclic) bond motifs is 1. The van der Waals surface area contributed by atoms with Gasteiger partial charge in [0.25, 0.3) is 0 Å². The Morgan fingerprint density at radius 3 is 2.54 bits per heavy atom. The summed E-state index contributed by atoms with van der Waals surface area (Å²) in [4.78, 5) is 12.8. The Morgan fingerprint density at radius 1 is 1.23 bits per heavy atom. The molecule has 1 saturated carbocycles. The zero-order chi connectivity index (χ0) is 18.9. The van der Waals surface area contributed by atoms with E-state index < -0.39 is 22.0 Å². The lowest BCUT2D eigenvalue weighted by Gasteiger charge is -2.30. The van der Waals surface area contributed by atoms with Crippen LogP contribution in [0.5, 0.6) is 0 Å². The van der Waals surface area contributed by atoms with Gasteiger partial charge in [-0.3, -0.25) is 4.79 Å². The summed E-state index contributed by atoms with van der Waals surface area (Å²) in [6, 6.07) is 5.65. The third-order valence-corrected chi connectivity index (χ3v) is 7.56. The molecule has 2 N–H and O–H groups in total. The number of nitrogens with zero attached hydrogens (tertiary/aromatic N) is 1. The first kappa shape index (κ1) is 19.3. The lowest BCUT2D eigenvalue weighted by atomic mass is 9.90. The summed E-state index contributed by atoms with van der Waals surface area (Å²) in [5, 5.41) is 0. The van der Waals surface area contributed by atoms with Gasteiger partial charge < -0.3 is 10.5 Å². The van der Waals surface area contributed by atoms with Gasteiger partial charge in [-0.2, -0.15) is 4.31 Å². The van der Waals surface area contributed by atoms with E-state index in [4.69, 9.17) is 10.5 Å². The molecule has 4 atom stereocenters. The summed E-state index contributed by atoms with van der Waals surface area (Å²) in [6.07, 6.45) is 3.96. The molecule has 0 bridgehead atoms. The predicted molar refractivity (Wildman–Crippen MR) is 99.0 cm³/mol. The van der Waals surface area contributed by atoms with Gasteiger partial charge in [-0.1, -0.05) is 30.5 Å². The van der Waals surface area contributed by atoms with E-state index in [-0.39, 0.29) is 29.5 Å². The van der Waals surface area contributed by atoms with Crippen LogP contribution < -0.4 is 5.73 Å². The molecule has 0 aromatic heterocycles. The zero-order valence-corrected chi connectivity index (χ0v) is 16.2. The first-order valence-electron chi connectivity index (χ1n) is 9.38. The van der Waals surface area contributed by atoms with Crippen molar-refractivity contribution >= 4 is 16.0 Å². The molecule has 26 heavy (non-hydrogen) atoms. The molecule has 3 rings (SSSR count). The SMILES string of the molecule is CCOC(=O)[C@H]1C[C@H]2[C@H](N)CCCC[C@H]2N1S(=O)(=O)c1ccc(C)cc1. The van der Waals surface area contributed by atoms with Crippen LogP contribution in [0, 0.1) is 12.8 Å². The number of benzene rings is 1.